The summed E-state index contributed by atoms with van der Waals surface area (Å²) in [7, 11) is 0. The number of aryl methyl sites for hydroxylation is 2. The lowest BCUT2D eigenvalue weighted by molar-refractivity contribution is 0.0978. The Balaban J connectivity index is 1.66. The second-order valence-corrected chi connectivity index (χ2v) is 6.45. The Morgan fingerprint density at radius 1 is 1.05 bits per heavy atom. The van der Waals surface area contributed by atoms with Crippen LogP contribution in [0.4, 0.5) is 0 Å². The average molecular weight is 287 g/mol. The maximum absolute atomic E-state index is 12.3. The summed E-state index contributed by atoms with van der Waals surface area (Å²) in [6.07, 6.45) is 8.27. The van der Waals surface area contributed by atoms with Crippen LogP contribution in [0.3, 0.4) is 0 Å². The highest BCUT2D eigenvalue weighted by Crippen LogP contribution is 2.15. The maximum Gasteiger partial charge on any atom is 0.163 e. The highest BCUT2D eigenvalue weighted by molar-refractivity contribution is 5.97. The minimum Gasteiger partial charge on any atom is -0.303 e. The molecule has 1 fully saturated rings. The molecule has 0 radical (unpaired) electrons. The Kier molecular flexibility index (Phi) is 6.44. The summed E-state index contributed by atoms with van der Waals surface area (Å²) in [6.45, 7) is 7.86. The van der Waals surface area contributed by atoms with E-state index >= 15 is 0 Å². The number of nitrogens with zero attached hydrogens (tertiary/aromatic N) is 1. The Morgan fingerprint density at radius 3 is 2.57 bits per heavy atom. The molecule has 0 unspecified atom stereocenters. The molecule has 1 heterocycles. The van der Waals surface area contributed by atoms with Gasteiger partial charge in [-0.05, 0) is 70.8 Å². The van der Waals surface area contributed by atoms with Crippen LogP contribution in [0.1, 0.15) is 66.4 Å². The minimum absolute atomic E-state index is 0.314. The lowest BCUT2D eigenvalue weighted by Gasteiger charge is -2.26. The summed E-state index contributed by atoms with van der Waals surface area (Å²) in [4.78, 5) is 14.9. The first-order chi connectivity index (χ1) is 10.2. The topological polar surface area (TPSA) is 20.3 Å². The molecule has 1 aromatic carbocycles. The number of hydrogen-bond acceptors (Lipinski definition) is 2. The standard InChI is InChI=1S/C19H29NO/c1-16-10-11-17(2)18(15-16)19(21)9-5-3-6-12-20-13-7-4-8-14-20/h10-11,15H,3-9,12-14H2,1-2H3. The van der Waals surface area contributed by atoms with Crippen LogP contribution >= 0.6 is 0 Å². The first kappa shape index (κ1) is 16.2. The van der Waals surface area contributed by atoms with Gasteiger partial charge in [-0.15, -0.1) is 0 Å². The fourth-order valence-electron chi connectivity index (χ4n) is 3.15. The number of hydrogen-bond donors (Lipinski definition) is 0. The monoisotopic (exact) mass is 287 g/mol. The number of benzene rings is 1. The Hall–Kier alpha value is -1.15. The fraction of sp³-hybridized carbons (Fsp3) is 0.632. The van der Waals surface area contributed by atoms with Gasteiger partial charge in [-0.25, -0.2) is 0 Å². The van der Waals surface area contributed by atoms with E-state index in [0.717, 1.165) is 17.5 Å². The predicted octanol–water partition coefficient (Wildman–Crippen LogP) is 4.53. The molecule has 0 aromatic heterocycles. The summed E-state index contributed by atoms with van der Waals surface area (Å²) in [5, 5.41) is 0. The van der Waals surface area contributed by atoms with E-state index in [1.165, 1.54) is 57.3 Å². The Labute approximate surface area is 129 Å². The van der Waals surface area contributed by atoms with Gasteiger partial charge in [0.15, 0.2) is 5.78 Å². The van der Waals surface area contributed by atoms with Crippen molar-refractivity contribution in [1.29, 1.82) is 0 Å². The van der Waals surface area contributed by atoms with Crippen LogP contribution in [0.2, 0.25) is 0 Å². The van der Waals surface area contributed by atoms with Gasteiger partial charge in [-0.3, -0.25) is 4.79 Å². The molecule has 116 valence electrons. The summed E-state index contributed by atoms with van der Waals surface area (Å²) < 4.78 is 0. The van der Waals surface area contributed by atoms with Crippen molar-refractivity contribution < 1.29 is 4.79 Å². The second-order valence-electron chi connectivity index (χ2n) is 6.45. The summed E-state index contributed by atoms with van der Waals surface area (Å²) >= 11 is 0. The van der Waals surface area contributed by atoms with E-state index in [0.29, 0.717) is 12.2 Å². The molecule has 1 aliphatic rings. The first-order valence-electron chi connectivity index (χ1n) is 8.49. The normalized spacial score (nSPS) is 16.1. The number of unbranched alkanes of at least 4 members (excludes halogenated alkanes) is 2. The smallest absolute Gasteiger partial charge is 0.163 e. The van der Waals surface area contributed by atoms with E-state index in [9.17, 15) is 4.79 Å². The van der Waals surface area contributed by atoms with Crippen LogP contribution < -0.4 is 0 Å². The van der Waals surface area contributed by atoms with Crippen LogP contribution in [0.15, 0.2) is 18.2 Å². The molecule has 1 saturated heterocycles. The van der Waals surface area contributed by atoms with Crippen molar-refractivity contribution in [2.75, 3.05) is 19.6 Å². The molecular formula is C19H29NO. The highest BCUT2D eigenvalue weighted by Gasteiger charge is 2.11. The van der Waals surface area contributed by atoms with Gasteiger partial charge < -0.3 is 4.90 Å². The van der Waals surface area contributed by atoms with Gasteiger partial charge in [0, 0.05) is 12.0 Å². The molecule has 0 N–H and O–H groups in total. The van der Waals surface area contributed by atoms with Crippen molar-refractivity contribution in [3.8, 4) is 0 Å². The van der Waals surface area contributed by atoms with Crippen molar-refractivity contribution in [3.05, 3.63) is 34.9 Å². The average Bonchev–Trinajstić information content (AvgIpc) is 2.50. The van der Waals surface area contributed by atoms with E-state index in [2.05, 4.69) is 24.0 Å². The fourth-order valence-corrected chi connectivity index (χ4v) is 3.15. The lowest BCUT2D eigenvalue weighted by atomic mass is 9.98. The lowest BCUT2D eigenvalue weighted by Crippen LogP contribution is -2.30. The SMILES string of the molecule is Cc1ccc(C)c(C(=O)CCCCCN2CCCCC2)c1. The van der Waals surface area contributed by atoms with Crippen molar-refractivity contribution >= 4 is 5.78 Å². The molecule has 0 bridgehead atoms. The maximum atomic E-state index is 12.3. The van der Waals surface area contributed by atoms with Crippen LogP contribution in [0.25, 0.3) is 0 Å². The number of likely N-dealkylation sites (tertiary alicyclic amines) is 1. The third-order valence-electron chi connectivity index (χ3n) is 4.52. The molecule has 1 aromatic rings. The van der Waals surface area contributed by atoms with Gasteiger partial charge in [0.25, 0.3) is 0 Å². The molecule has 1 aliphatic heterocycles. The number of piperidine rings is 1. The molecule has 2 nitrogen and oxygen atoms in total. The molecule has 0 spiro atoms. The molecule has 0 atom stereocenters. The number of Topliss-reactive ketones (excluding diaryl/α,β-unsaturated/α-hetero) is 1. The molecule has 0 saturated carbocycles. The van der Waals surface area contributed by atoms with Gasteiger partial charge >= 0.3 is 0 Å². The number of carbonyl (C=O) groups is 1. The number of rotatable bonds is 7. The van der Waals surface area contributed by atoms with Gasteiger partial charge in [0.1, 0.15) is 0 Å². The van der Waals surface area contributed by atoms with Gasteiger partial charge in [-0.1, -0.05) is 30.5 Å². The van der Waals surface area contributed by atoms with Crippen molar-refractivity contribution in [2.24, 2.45) is 0 Å². The first-order valence-corrected chi connectivity index (χ1v) is 8.49. The zero-order chi connectivity index (χ0) is 15.1. The summed E-state index contributed by atoms with van der Waals surface area (Å²) in [5.74, 6) is 0.314. The zero-order valence-electron chi connectivity index (χ0n) is 13.7. The minimum atomic E-state index is 0.314. The summed E-state index contributed by atoms with van der Waals surface area (Å²) in [5.41, 5.74) is 3.21. The van der Waals surface area contributed by atoms with Crippen molar-refractivity contribution in [2.45, 2.75) is 58.8 Å². The van der Waals surface area contributed by atoms with E-state index in [4.69, 9.17) is 0 Å². The number of ketones is 1. The third-order valence-corrected chi connectivity index (χ3v) is 4.52. The van der Waals surface area contributed by atoms with E-state index in [1.807, 2.05) is 13.0 Å². The third kappa shape index (κ3) is 5.28. The Morgan fingerprint density at radius 2 is 1.81 bits per heavy atom. The molecule has 2 heteroatoms. The van der Waals surface area contributed by atoms with Crippen LogP contribution in [-0.2, 0) is 0 Å². The van der Waals surface area contributed by atoms with E-state index < -0.39 is 0 Å². The van der Waals surface area contributed by atoms with Crippen molar-refractivity contribution in [1.82, 2.24) is 4.90 Å². The van der Waals surface area contributed by atoms with Crippen LogP contribution in [0.5, 0.6) is 0 Å². The molecule has 0 aliphatic carbocycles. The molecule has 0 amide bonds. The summed E-state index contributed by atoms with van der Waals surface area (Å²) in [6, 6.07) is 6.16. The predicted molar refractivity (Wildman–Crippen MR) is 89.0 cm³/mol. The Bertz CT molecular complexity index is 461. The van der Waals surface area contributed by atoms with Crippen LogP contribution in [0, 0.1) is 13.8 Å². The largest absolute Gasteiger partial charge is 0.303 e. The molecule has 2 rings (SSSR count). The second kappa shape index (κ2) is 8.33. The van der Waals surface area contributed by atoms with Gasteiger partial charge in [0.2, 0.25) is 0 Å². The quantitative estimate of drug-likeness (QED) is 0.542. The zero-order valence-corrected chi connectivity index (χ0v) is 13.7. The van der Waals surface area contributed by atoms with Gasteiger partial charge in [-0.2, -0.15) is 0 Å². The molecular weight excluding hydrogens is 258 g/mol. The van der Waals surface area contributed by atoms with E-state index in [1.54, 1.807) is 0 Å². The van der Waals surface area contributed by atoms with Crippen LogP contribution in [-0.4, -0.2) is 30.3 Å². The van der Waals surface area contributed by atoms with E-state index in [-0.39, 0.29) is 0 Å². The highest BCUT2D eigenvalue weighted by atomic mass is 16.1. The van der Waals surface area contributed by atoms with Gasteiger partial charge in [0.05, 0.1) is 0 Å². The number of carbonyl (C=O) groups excluding carboxylic acids is 1. The van der Waals surface area contributed by atoms with Crippen molar-refractivity contribution in [3.63, 3.8) is 0 Å². The molecule has 21 heavy (non-hydrogen) atoms.